The number of benzene rings is 1. The number of rotatable bonds is 6. The normalized spacial score (nSPS) is 18.1. The molecule has 0 amide bonds. The molecule has 1 atom stereocenters. The first kappa shape index (κ1) is 25.2. The van der Waals surface area contributed by atoms with Crippen molar-refractivity contribution < 1.29 is 13.2 Å². The predicted octanol–water partition coefficient (Wildman–Crippen LogP) is 4.72. The summed E-state index contributed by atoms with van der Waals surface area (Å²) in [5, 5.41) is 8.41. The van der Waals surface area contributed by atoms with E-state index in [0.29, 0.717) is 23.7 Å². The van der Waals surface area contributed by atoms with Crippen LogP contribution in [0.3, 0.4) is 0 Å². The Hall–Kier alpha value is -3.05. The van der Waals surface area contributed by atoms with E-state index in [2.05, 4.69) is 15.1 Å². The number of nitrogens with zero attached hydrogens (tertiary/aromatic N) is 6. The monoisotopic (exact) mass is 542 g/mol. The highest BCUT2D eigenvalue weighted by Gasteiger charge is 2.35. The van der Waals surface area contributed by atoms with Gasteiger partial charge in [-0.1, -0.05) is 18.6 Å². The molecule has 7 nitrogen and oxygen atoms in total. The molecule has 6 rings (SSSR count). The number of fused-ring (bicyclic) bond motifs is 1. The van der Waals surface area contributed by atoms with E-state index in [1.54, 1.807) is 18.6 Å². The molecule has 1 aliphatic heterocycles. The smallest absolute Gasteiger partial charge is 0.320 e. The van der Waals surface area contributed by atoms with Crippen LogP contribution in [-0.2, 0) is 19.8 Å². The molecule has 1 aromatic carbocycles. The van der Waals surface area contributed by atoms with Crippen LogP contribution in [0.1, 0.15) is 47.7 Å². The van der Waals surface area contributed by atoms with Gasteiger partial charge in [-0.15, -0.1) is 10.2 Å². The van der Waals surface area contributed by atoms with E-state index in [4.69, 9.17) is 0 Å². The molecule has 0 bridgehead atoms. The van der Waals surface area contributed by atoms with Crippen molar-refractivity contribution in [2.24, 2.45) is 13.0 Å². The van der Waals surface area contributed by atoms with Crippen LogP contribution in [0.15, 0.2) is 53.8 Å². The Bertz CT molecular complexity index is 1510. The van der Waals surface area contributed by atoms with Crippen LogP contribution in [-0.4, -0.2) is 53.2 Å². The molecule has 1 saturated heterocycles. The zero-order valence-corrected chi connectivity index (χ0v) is 21.9. The molecule has 11 heteroatoms. The quantitative estimate of drug-likeness (QED) is 0.353. The van der Waals surface area contributed by atoms with Gasteiger partial charge in [0.2, 0.25) is 0 Å². The van der Waals surface area contributed by atoms with Gasteiger partial charge in [-0.25, -0.2) is 4.79 Å². The van der Waals surface area contributed by atoms with Crippen molar-refractivity contribution in [3.05, 3.63) is 82.1 Å². The standard InChI is InChI=1S/C27H29F3N6OS/c1-33-17-31-32-25(33)24(19-4-2-5-19)20-6-3-7-21(13-20)35-16-23-22(27(28,29)30)12-18(15-36(23)26(35)37)14-34-8-10-38-11-9-34/h3,6-7,12-13,15-17,19,24H,2,4-5,8-11,14H2,1H3/t24-/m1/s1. The Morgan fingerprint density at radius 2 is 1.92 bits per heavy atom. The lowest BCUT2D eigenvalue weighted by Gasteiger charge is -2.33. The molecule has 0 unspecified atom stereocenters. The molecule has 2 aliphatic rings. The van der Waals surface area contributed by atoms with Gasteiger partial charge >= 0.3 is 11.9 Å². The zero-order valence-electron chi connectivity index (χ0n) is 21.1. The first-order chi connectivity index (χ1) is 18.3. The van der Waals surface area contributed by atoms with Crippen LogP contribution in [0.2, 0.25) is 0 Å². The van der Waals surface area contributed by atoms with E-state index in [9.17, 15) is 18.0 Å². The molecule has 1 saturated carbocycles. The van der Waals surface area contributed by atoms with Gasteiger partial charge in [0.1, 0.15) is 12.2 Å². The van der Waals surface area contributed by atoms with Crippen molar-refractivity contribution in [1.82, 2.24) is 28.6 Å². The Kier molecular flexibility index (Phi) is 6.59. The topological polar surface area (TPSA) is 60.4 Å². The van der Waals surface area contributed by atoms with Crippen LogP contribution >= 0.6 is 11.8 Å². The van der Waals surface area contributed by atoms with Gasteiger partial charge in [0, 0.05) is 56.5 Å². The highest BCUT2D eigenvalue weighted by molar-refractivity contribution is 7.99. The van der Waals surface area contributed by atoms with Gasteiger partial charge in [-0.2, -0.15) is 24.9 Å². The third-order valence-corrected chi connectivity index (χ3v) is 8.73. The molecular formula is C27H29F3N6OS. The average Bonchev–Trinajstić information content (AvgIpc) is 3.44. The molecule has 0 spiro atoms. The molecule has 2 fully saturated rings. The van der Waals surface area contributed by atoms with E-state index < -0.39 is 17.4 Å². The zero-order chi connectivity index (χ0) is 26.4. The summed E-state index contributed by atoms with van der Waals surface area (Å²) in [5.41, 5.74) is 0.542. The summed E-state index contributed by atoms with van der Waals surface area (Å²) in [7, 11) is 1.91. The highest BCUT2D eigenvalue weighted by Crippen LogP contribution is 2.43. The molecule has 200 valence electrons. The van der Waals surface area contributed by atoms with Gasteiger partial charge in [0.05, 0.1) is 16.8 Å². The minimum Gasteiger partial charge on any atom is -0.320 e. The number of alkyl halides is 3. The molecule has 0 N–H and O–H groups in total. The lowest BCUT2D eigenvalue weighted by atomic mass is 9.72. The van der Waals surface area contributed by atoms with E-state index in [1.807, 2.05) is 41.6 Å². The van der Waals surface area contributed by atoms with Crippen LogP contribution in [0.5, 0.6) is 0 Å². The van der Waals surface area contributed by atoms with E-state index in [1.165, 1.54) is 16.8 Å². The number of halogens is 3. The Morgan fingerprint density at radius 1 is 1.13 bits per heavy atom. The number of thioether (sulfide) groups is 1. The number of aryl methyl sites for hydroxylation is 1. The molecule has 1 aliphatic carbocycles. The second kappa shape index (κ2) is 9.92. The minimum atomic E-state index is -4.58. The maximum absolute atomic E-state index is 14.2. The predicted molar refractivity (Wildman–Crippen MR) is 141 cm³/mol. The first-order valence-corrected chi connectivity index (χ1v) is 14.0. The molecule has 0 radical (unpaired) electrons. The van der Waals surface area contributed by atoms with Gasteiger partial charge < -0.3 is 4.57 Å². The van der Waals surface area contributed by atoms with Crippen molar-refractivity contribution >= 4 is 17.3 Å². The van der Waals surface area contributed by atoms with E-state index in [-0.39, 0.29) is 11.4 Å². The SMILES string of the molecule is Cn1cnnc1[C@@H](c1cccc(-n2cc3c(C(F)(F)F)cc(CN4CCSCC4)cn3c2=O)c1)C1CCC1. The summed E-state index contributed by atoms with van der Waals surface area (Å²) in [5.74, 6) is 3.17. The summed E-state index contributed by atoms with van der Waals surface area (Å²) in [6, 6.07) is 8.71. The average molecular weight is 543 g/mol. The van der Waals surface area contributed by atoms with Crippen LogP contribution in [0.25, 0.3) is 11.2 Å². The van der Waals surface area contributed by atoms with Gasteiger partial charge in [-0.3, -0.25) is 13.9 Å². The molecule has 4 heterocycles. The largest absolute Gasteiger partial charge is 0.418 e. The Morgan fingerprint density at radius 3 is 2.58 bits per heavy atom. The second-order valence-corrected chi connectivity index (χ2v) is 11.5. The number of hydrogen-bond donors (Lipinski definition) is 0. The van der Waals surface area contributed by atoms with Crippen molar-refractivity contribution in [2.75, 3.05) is 24.6 Å². The minimum absolute atomic E-state index is 0.00368. The number of imidazole rings is 1. The molecular weight excluding hydrogens is 513 g/mol. The van der Waals surface area contributed by atoms with Crippen LogP contribution in [0.4, 0.5) is 13.2 Å². The third-order valence-electron chi connectivity index (χ3n) is 7.79. The van der Waals surface area contributed by atoms with Gasteiger partial charge in [0.15, 0.2) is 0 Å². The first-order valence-electron chi connectivity index (χ1n) is 12.9. The van der Waals surface area contributed by atoms with Crippen molar-refractivity contribution in [2.45, 2.75) is 37.9 Å². The van der Waals surface area contributed by atoms with E-state index >= 15 is 0 Å². The maximum atomic E-state index is 14.2. The van der Waals surface area contributed by atoms with Gasteiger partial charge in [-0.05, 0) is 48.1 Å². The fourth-order valence-corrected chi connectivity index (χ4v) is 6.59. The molecule has 4 aromatic rings. The summed E-state index contributed by atoms with van der Waals surface area (Å²) < 4.78 is 46.9. The van der Waals surface area contributed by atoms with Crippen molar-refractivity contribution in [3.8, 4) is 5.69 Å². The lowest BCUT2D eigenvalue weighted by Crippen LogP contribution is -2.32. The lowest BCUT2D eigenvalue weighted by molar-refractivity contribution is -0.136. The van der Waals surface area contributed by atoms with Gasteiger partial charge in [0.25, 0.3) is 0 Å². The fraction of sp³-hybridized carbons (Fsp3) is 0.444. The Balaban J connectivity index is 1.43. The fourth-order valence-electron chi connectivity index (χ4n) is 5.61. The third kappa shape index (κ3) is 4.66. The second-order valence-electron chi connectivity index (χ2n) is 10.2. The van der Waals surface area contributed by atoms with Crippen molar-refractivity contribution in [3.63, 3.8) is 0 Å². The maximum Gasteiger partial charge on any atom is 0.418 e. The molecule has 3 aromatic heterocycles. The summed E-state index contributed by atoms with van der Waals surface area (Å²) >= 11 is 1.84. The summed E-state index contributed by atoms with van der Waals surface area (Å²) in [6.45, 7) is 2.02. The summed E-state index contributed by atoms with van der Waals surface area (Å²) in [6.07, 6.45) is 3.27. The number of pyridine rings is 1. The Labute approximate surface area is 222 Å². The summed E-state index contributed by atoms with van der Waals surface area (Å²) in [4.78, 5) is 15.7. The highest BCUT2D eigenvalue weighted by atomic mass is 32.2. The van der Waals surface area contributed by atoms with Crippen LogP contribution < -0.4 is 5.69 Å². The molecule has 38 heavy (non-hydrogen) atoms. The number of hydrogen-bond acceptors (Lipinski definition) is 5. The van der Waals surface area contributed by atoms with Crippen LogP contribution in [0, 0.1) is 5.92 Å². The van der Waals surface area contributed by atoms with Crippen molar-refractivity contribution in [1.29, 1.82) is 0 Å². The van der Waals surface area contributed by atoms with E-state index in [0.717, 1.165) is 59.6 Å². The number of aromatic nitrogens is 5.